The molecule has 3 heterocycles. The van der Waals surface area contributed by atoms with Gasteiger partial charge in [-0.2, -0.15) is 0 Å². The van der Waals surface area contributed by atoms with Crippen LogP contribution in [0.2, 0.25) is 0 Å². The molecule has 0 aliphatic carbocycles. The highest BCUT2D eigenvalue weighted by Crippen LogP contribution is 2.32. The number of nitrogens with zero attached hydrogens (tertiary/aromatic N) is 6. The van der Waals surface area contributed by atoms with Crippen LogP contribution in [0.3, 0.4) is 0 Å². The molecule has 0 aliphatic heterocycles. The number of benzene rings is 3. The molecule has 8 heteroatoms. The molecule has 1 N–H and O–H groups in total. The summed E-state index contributed by atoms with van der Waals surface area (Å²) in [5, 5.41) is 17.7. The van der Waals surface area contributed by atoms with Crippen molar-refractivity contribution in [3.05, 3.63) is 88.0 Å². The quantitative estimate of drug-likeness (QED) is 0.263. The number of imidazole rings is 1. The summed E-state index contributed by atoms with van der Waals surface area (Å²) in [6.45, 7) is 7.16. The number of fused-ring (bicyclic) bond motifs is 1. The zero-order chi connectivity index (χ0) is 25.4. The van der Waals surface area contributed by atoms with Crippen LogP contribution in [0.5, 0.6) is 0 Å². The number of H-pyrrole nitrogens is 1. The molecule has 0 aliphatic rings. The second-order valence-electron chi connectivity index (χ2n) is 9.27. The molecule has 6 aromatic rings. The second-order valence-corrected chi connectivity index (χ2v) is 10.3. The van der Waals surface area contributed by atoms with Gasteiger partial charge in [0, 0.05) is 29.5 Å². The summed E-state index contributed by atoms with van der Waals surface area (Å²) in [5.74, 6) is 1.79. The first kappa shape index (κ1) is 23.2. The fraction of sp³-hybridized carbons (Fsp3) is 0.207. The van der Waals surface area contributed by atoms with Crippen LogP contribution in [-0.4, -0.2) is 35.2 Å². The lowest BCUT2D eigenvalue weighted by Crippen LogP contribution is -2.05. The van der Waals surface area contributed by atoms with Gasteiger partial charge in [-0.25, -0.2) is 15.1 Å². The molecule has 0 saturated heterocycles. The first-order valence-corrected chi connectivity index (χ1v) is 13.3. The van der Waals surface area contributed by atoms with E-state index in [0.29, 0.717) is 5.82 Å². The number of aryl methyl sites for hydroxylation is 3. The van der Waals surface area contributed by atoms with Gasteiger partial charge in [-0.15, -0.1) is 16.4 Å². The van der Waals surface area contributed by atoms with Crippen LogP contribution in [0, 0.1) is 13.8 Å². The highest BCUT2D eigenvalue weighted by atomic mass is 32.1. The van der Waals surface area contributed by atoms with Gasteiger partial charge in [-0.3, -0.25) is 0 Å². The molecule has 0 radical (unpaired) electrons. The number of aromatic nitrogens is 7. The molecule has 0 fully saturated rings. The van der Waals surface area contributed by atoms with Gasteiger partial charge in [0.15, 0.2) is 5.82 Å². The third kappa shape index (κ3) is 4.44. The summed E-state index contributed by atoms with van der Waals surface area (Å²) in [5.41, 5.74) is 10.0. The molecular formula is C29H27N7S. The molecule has 0 saturated carbocycles. The van der Waals surface area contributed by atoms with E-state index in [1.165, 1.54) is 11.1 Å². The van der Waals surface area contributed by atoms with Crippen LogP contribution in [-0.2, 0) is 13.0 Å². The Labute approximate surface area is 219 Å². The van der Waals surface area contributed by atoms with Gasteiger partial charge < -0.3 is 4.57 Å². The minimum absolute atomic E-state index is 0.662. The Balaban J connectivity index is 1.38. The Kier molecular flexibility index (Phi) is 6.10. The lowest BCUT2D eigenvalue weighted by molar-refractivity contribution is 0.722. The highest BCUT2D eigenvalue weighted by Gasteiger charge is 2.16. The van der Waals surface area contributed by atoms with E-state index in [1.807, 2.05) is 25.1 Å². The van der Waals surface area contributed by atoms with Crippen molar-refractivity contribution in [2.24, 2.45) is 0 Å². The molecule has 0 unspecified atom stereocenters. The smallest absolute Gasteiger partial charge is 0.180 e. The van der Waals surface area contributed by atoms with Gasteiger partial charge in [0.1, 0.15) is 5.82 Å². The average molecular weight is 506 g/mol. The molecule has 3 aromatic heterocycles. The summed E-state index contributed by atoms with van der Waals surface area (Å²) >= 11 is 1.68. The zero-order valence-electron chi connectivity index (χ0n) is 21.1. The third-order valence-corrected chi connectivity index (χ3v) is 7.42. The van der Waals surface area contributed by atoms with Crippen molar-refractivity contribution in [3.8, 4) is 33.8 Å². The lowest BCUT2D eigenvalue weighted by Gasteiger charge is -2.12. The summed E-state index contributed by atoms with van der Waals surface area (Å²) in [6.07, 6.45) is 1.99. The van der Waals surface area contributed by atoms with Crippen molar-refractivity contribution >= 4 is 22.4 Å². The van der Waals surface area contributed by atoms with Crippen molar-refractivity contribution in [2.45, 2.75) is 40.2 Å². The van der Waals surface area contributed by atoms with Gasteiger partial charge in [0.05, 0.1) is 21.7 Å². The Morgan fingerprint density at radius 3 is 2.43 bits per heavy atom. The number of hydrogen-bond donors (Lipinski definition) is 1. The fourth-order valence-corrected chi connectivity index (χ4v) is 5.48. The van der Waals surface area contributed by atoms with E-state index in [0.717, 1.165) is 69.2 Å². The van der Waals surface area contributed by atoms with E-state index < -0.39 is 0 Å². The van der Waals surface area contributed by atoms with Crippen LogP contribution in [0.1, 0.15) is 35.3 Å². The summed E-state index contributed by atoms with van der Waals surface area (Å²) in [4.78, 5) is 9.79. The molecule has 184 valence electrons. The zero-order valence-corrected chi connectivity index (χ0v) is 21.9. The summed E-state index contributed by atoms with van der Waals surface area (Å²) in [6, 6.07) is 21.4. The van der Waals surface area contributed by atoms with Crippen LogP contribution < -0.4 is 0 Å². The van der Waals surface area contributed by atoms with Crippen LogP contribution in [0.25, 0.3) is 44.8 Å². The van der Waals surface area contributed by atoms with Crippen molar-refractivity contribution in [2.75, 3.05) is 0 Å². The van der Waals surface area contributed by atoms with Crippen molar-refractivity contribution in [1.82, 2.24) is 35.2 Å². The number of hydrogen-bond acceptors (Lipinski definition) is 6. The Bertz CT molecular complexity index is 1680. The van der Waals surface area contributed by atoms with Gasteiger partial charge in [-0.1, -0.05) is 55.5 Å². The van der Waals surface area contributed by atoms with E-state index in [2.05, 4.69) is 86.9 Å². The molecular weight excluding hydrogens is 478 g/mol. The number of tetrazole rings is 1. The molecule has 37 heavy (non-hydrogen) atoms. The monoisotopic (exact) mass is 505 g/mol. The molecule has 0 amide bonds. The van der Waals surface area contributed by atoms with Crippen molar-refractivity contribution < 1.29 is 0 Å². The average Bonchev–Trinajstić information content (AvgIpc) is 3.67. The first-order valence-electron chi connectivity index (χ1n) is 12.5. The largest absolute Gasteiger partial charge is 0.323 e. The SMILES string of the molecule is CCCc1nc2c(C)cc(-c3csc(C)n3)cc2n1Cc1ccc(-c2ccccc2-c2nnn[nH]2)cc1. The molecule has 0 spiro atoms. The minimum Gasteiger partial charge on any atom is -0.323 e. The molecule has 0 bridgehead atoms. The number of thiazole rings is 1. The predicted molar refractivity (Wildman–Crippen MR) is 148 cm³/mol. The third-order valence-electron chi connectivity index (χ3n) is 6.65. The summed E-state index contributed by atoms with van der Waals surface area (Å²) in [7, 11) is 0. The Morgan fingerprint density at radius 2 is 1.73 bits per heavy atom. The number of nitrogens with one attached hydrogen (secondary N) is 1. The maximum absolute atomic E-state index is 5.07. The summed E-state index contributed by atoms with van der Waals surface area (Å²) < 4.78 is 2.37. The normalized spacial score (nSPS) is 11.4. The fourth-order valence-electron chi connectivity index (χ4n) is 4.86. The standard InChI is InChI=1S/C29H27N7S/c1-4-7-27-31-28-18(2)14-22(25-17-37-19(3)30-25)15-26(28)36(27)16-20-10-12-21(13-11-20)23-8-5-6-9-24(23)29-32-34-35-33-29/h5-6,8-15,17H,4,7,16H2,1-3H3,(H,32,33,34,35). The lowest BCUT2D eigenvalue weighted by atomic mass is 9.98. The van der Waals surface area contributed by atoms with Crippen LogP contribution >= 0.6 is 11.3 Å². The maximum atomic E-state index is 5.07. The maximum Gasteiger partial charge on any atom is 0.180 e. The van der Waals surface area contributed by atoms with Gasteiger partial charge >= 0.3 is 0 Å². The van der Waals surface area contributed by atoms with E-state index in [4.69, 9.17) is 9.97 Å². The Morgan fingerprint density at radius 1 is 0.919 bits per heavy atom. The van der Waals surface area contributed by atoms with E-state index in [1.54, 1.807) is 11.3 Å². The predicted octanol–water partition coefficient (Wildman–Crippen LogP) is 6.62. The van der Waals surface area contributed by atoms with E-state index >= 15 is 0 Å². The molecule has 6 rings (SSSR count). The highest BCUT2D eigenvalue weighted by molar-refractivity contribution is 7.09. The topological polar surface area (TPSA) is 85.2 Å². The van der Waals surface area contributed by atoms with E-state index in [9.17, 15) is 0 Å². The van der Waals surface area contributed by atoms with Crippen LogP contribution in [0.4, 0.5) is 0 Å². The van der Waals surface area contributed by atoms with Crippen molar-refractivity contribution in [1.29, 1.82) is 0 Å². The van der Waals surface area contributed by atoms with Crippen molar-refractivity contribution in [3.63, 3.8) is 0 Å². The second kappa shape index (κ2) is 9.71. The van der Waals surface area contributed by atoms with Crippen LogP contribution in [0.15, 0.2) is 66.0 Å². The molecule has 3 aromatic carbocycles. The number of aromatic amines is 1. The Hall–Kier alpha value is -4.17. The molecule has 0 atom stereocenters. The van der Waals surface area contributed by atoms with E-state index in [-0.39, 0.29) is 0 Å². The number of rotatable bonds is 7. The van der Waals surface area contributed by atoms with Gasteiger partial charge in [0.2, 0.25) is 0 Å². The van der Waals surface area contributed by atoms with Gasteiger partial charge in [-0.05, 0) is 65.1 Å². The first-order chi connectivity index (χ1) is 18.1. The van der Waals surface area contributed by atoms with Gasteiger partial charge in [0.25, 0.3) is 0 Å². The minimum atomic E-state index is 0.662. The molecule has 7 nitrogen and oxygen atoms in total.